The van der Waals surface area contributed by atoms with Crippen LogP contribution in [0.25, 0.3) is 11.0 Å². The summed E-state index contributed by atoms with van der Waals surface area (Å²) in [5, 5.41) is 3.39. The third kappa shape index (κ3) is 4.07. The van der Waals surface area contributed by atoms with E-state index in [2.05, 4.69) is 11.4 Å². The molecule has 1 heterocycles. The highest BCUT2D eigenvalue weighted by atomic mass is 16.5. The molecule has 3 aromatic rings. The summed E-state index contributed by atoms with van der Waals surface area (Å²) in [4.78, 5) is 24.1. The molecule has 0 atom stereocenters. The van der Waals surface area contributed by atoms with Crippen LogP contribution < -0.4 is 15.7 Å². The van der Waals surface area contributed by atoms with Gasteiger partial charge in [-0.2, -0.15) is 0 Å². The van der Waals surface area contributed by atoms with E-state index in [9.17, 15) is 9.59 Å². The Morgan fingerprint density at radius 1 is 1.08 bits per heavy atom. The Morgan fingerprint density at radius 3 is 2.56 bits per heavy atom. The number of benzene rings is 2. The molecule has 0 radical (unpaired) electrons. The number of hydrogen-bond acceptors (Lipinski definition) is 4. The van der Waals surface area contributed by atoms with E-state index in [1.54, 1.807) is 24.3 Å². The zero-order chi connectivity index (χ0) is 17.8. The highest BCUT2D eigenvalue weighted by Gasteiger charge is 2.13. The molecule has 0 aliphatic rings. The SMILES string of the molecule is Cc1cc(C)cc(OCCNC(=O)c2cc3ccccc3oc2=O)c1. The van der Waals surface area contributed by atoms with Crippen molar-refractivity contribution in [2.24, 2.45) is 0 Å². The summed E-state index contributed by atoms with van der Waals surface area (Å²) in [6.07, 6.45) is 0. The van der Waals surface area contributed by atoms with Gasteiger partial charge < -0.3 is 14.5 Å². The number of rotatable bonds is 5. The van der Waals surface area contributed by atoms with Crippen molar-refractivity contribution in [3.63, 3.8) is 0 Å². The van der Waals surface area contributed by atoms with Gasteiger partial charge in [0.2, 0.25) is 0 Å². The van der Waals surface area contributed by atoms with E-state index in [-0.39, 0.29) is 12.1 Å². The zero-order valence-corrected chi connectivity index (χ0v) is 14.2. The first-order valence-corrected chi connectivity index (χ1v) is 8.05. The van der Waals surface area contributed by atoms with Gasteiger partial charge in [0.1, 0.15) is 23.5 Å². The van der Waals surface area contributed by atoms with Crippen molar-refractivity contribution in [3.05, 3.63) is 75.6 Å². The van der Waals surface area contributed by atoms with Gasteiger partial charge in [-0.1, -0.05) is 24.3 Å². The first kappa shape index (κ1) is 16.8. The molecule has 2 aromatic carbocycles. The molecule has 0 unspecified atom stereocenters. The first-order valence-electron chi connectivity index (χ1n) is 8.05. The Kier molecular flexibility index (Phi) is 4.84. The van der Waals surface area contributed by atoms with Crippen LogP contribution >= 0.6 is 0 Å². The van der Waals surface area contributed by atoms with Crippen LogP contribution in [0.1, 0.15) is 21.5 Å². The van der Waals surface area contributed by atoms with Crippen molar-refractivity contribution < 1.29 is 13.9 Å². The second-order valence-electron chi connectivity index (χ2n) is 5.91. The van der Waals surface area contributed by atoms with Gasteiger partial charge in [0.15, 0.2) is 0 Å². The van der Waals surface area contributed by atoms with Gasteiger partial charge in [0.05, 0.1) is 6.54 Å². The number of nitrogens with one attached hydrogen (secondary N) is 1. The fraction of sp³-hybridized carbons (Fsp3) is 0.200. The molecule has 0 fully saturated rings. The van der Waals surface area contributed by atoms with E-state index in [1.165, 1.54) is 0 Å². The number of fused-ring (bicyclic) bond motifs is 1. The van der Waals surface area contributed by atoms with Gasteiger partial charge in [-0.3, -0.25) is 4.79 Å². The van der Waals surface area contributed by atoms with Gasteiger partial charge in [-0.15, -0.1) is 0 Å². The third-order valence-electron chi connectivity index (χ3n) is 3.74. The van der Waals surface area contributed by atoms with Crippen LogP contribution in [0, 0.1) is 13.8 Å². The van der Waals surface area contributed by atoms with Crippen molar-refractivity contribution in [2.45, 2.75) is 13.8 Å². The molecule has 0 saturated carbocycles. The maximum atomic E-state index is 12.2. The number of amides is 1. The van der Waals surface area contributed by atoms with Crippen molar-refractivity contribution in [1.82, 2.24) is 5.32 Å². The predicted octanol–water partition coefficient (Wildman–Crippen LogP) is 3.22. The molecule has 128 valence electrons. The van der Waals surface area contributed by atoms with Crippen LogP contribution in [0.3, 0.4) is 0 Å². The van der Waals surface area contributed by atoms with Gasteiger partial charge >= 0.3 is 5.63 Å². The van der Waals surface area contributed by atoms with Crippen molar-refractivity contribution in [2.75, 3.05) is 13.2 Å². The van der Waals surface area contributed by atoms with Gasteiger partial charge in [-0.05, 0) is 49.2 Å². The Morgan fingerprint density at radius 2 is 1.80 bits per heavy atom. The highest BCUT2D eigenvalue weighted by Crippen LogP contribution is 2.16. The molecule has 1 aromatic heterocycles. The summed E-state index contributed by atoms with van der Waals surface area (Å²) in [5.74, 6) is 0.292. The van der Waals surface area contributed by atoms with Crippen LogP contribution in [0.4, 0.5) is 0 Å². The van der Waals surface area contributed by atoms with E-state index in [0.717, 1.165) is 16.9 Å². The minimum absolute atomic E-state index is 0.00917. The highest BCUT2D eigenvalue weighted by molar-refractivity contribution is 5.96. The fourth-order valence-corrected chi connectivity index (χ4v) is 2.67. The van der Waals surface area contributed by atoms with Crippen LogP contribution in [0.15, 0.2) is 57.7 Å². The first-order chi connectivity index (χ1) is 12.0. The summed E-state index contributed by atoms with van der Waals surface area (Å²) in [6, 6.07) is 14.6. The quantitative estimate of drug-likeness (QED) is 0.573. The molecule has 25 heavy (non-hydrogen) atoms. The van der Waals surface area contributed by atoms with Crippen LogP contribution in [0.2, 0.25) is 0 Å². The van der Waals surface area contributed by atoms with Crippen LogP contribution in [-0.4, -0.2) is 19.1 Å². The number of ether oxygens (including phenoxy) is 1. The summed E-state index contributed by atoms with van der Waals surface area (Å²) >= 11 is 0. The topological polar surface area (TPSA) is 68.5 Å². The molecule has 0 spiro atoms. The average molecular weight is 337 g/mol. The van der Waals surface area contributed by atoms with Crippen molar-refractivity contribution >= 4 is 16.9 Å². The molecular formula is C20H19NO4. The van der Waals surface area contributed by atoms with Gasteiger partial charge in [-0.25, -0.2) is 4.79 Å². The summed E-state index contributed by atoms with van der Waals surface area (Å²) in [6.45, 7) is 4.60. The second-order valence-corrected chi connectivity index (χ2v) is 5.91. The normalized spacial score (nSPS) is 10.6. The Hall–Kier alpha value is -3.08. The number of hydrogen-bond donors (Lipinski definition) is 1. The molecule has 5 heteroatoms. The molecule has 0 bridgehead atoms. The third-order valence-corrected chi connectivity index (χ3v) is 3.74. The maximum Gasteiger partial charge on any atom is 0.349 e. The smallest absolute Gasteiger partial charge is 0.349 e. The number of carbonyl (C=O) groups excluding carboxylic acids is 1. The monoisotopic (exact) mass is 337 g/mol. The molecule has 1 N–H and O–H groups in total. The average Bonchev–Trinajstić information content (AvgIpc) is 2.57. The zero-order valence-electron chi connectivity index (χ0n) is 14.2. The lowest BCUT2D eigenvalue weighted by molar-refractivity contribution is 0.0943. The molecule has 0 aliphatic heterocycles. The predicted molar refractivity (Wildman–Crippen MR) is 96.2 cm³/mol. The summed E-state index contributed by atoms with van der Waals surface area (Å²) in [7, 11) is 0. The molecule has 5 nitrogen and oxygen atoms in total. The molecule has 1 amide bonds. The lowest BCUT2D eigenvalue weighted by Gasteiger charge is -2.09. The van der Waals surface area contributed by atoms with E-state index in [4.69, 9.17) is 9.15 Å². The van der Waals surface area contributed by atoms with Crippen LogP contribution in [-0.2, 0) is 0 Å². The van der Waals surface area contributed by atoms with Crippen LogP contribution in [0.5, 0.6) is 5.75 Å². The maximum absolute atomic E-state index is 12.2. The molecule has 0 saturated heterocycles. The second kappa shape index (κ2) is 7.21. The Bertz CT molecular complexity index is 955. The number of aryl methyl sites for hydroxylation is 2. The largest absolute Gasteiger partial charge is 0.492 e. The lowest BCUT2D eigenvalue weighted by atomic mass is 10.1. The van der Waals surface area contributed by atoms with Crippen molar-refractivity contribution in [1.29, 1.82) is 0 Å². The minimum Gasteiger partial charge on any atom is -0.492 e. The number of para-hydroxylation sites is 1. The summed E-state index contributed by atoms with van der Waals surface area (Å²) in [5.41, 5.74) is 2.04. The standard InChI is InChI=1S/C20H19NO4/c1-13-9-14(2)11-16(10-13)24-8-7-21-19(22)17-12-15-5-3-4-6-18(15)25-20(17)23/h3-6,9-12H,7-8H2,1-2H3,(H,21,22). The van der Waals surface area contributed by atoms with Crippen molar-refractivity contribution in [3.8, 4) is 5.75 Å². The van der Waals surface area contributed by atoms with E-state index >= 15 is 0 Å². The van der Waals surface area contributed by atoms with E-state index in [1.807, 2.05) is 32.0 Å². The molecular weight excluding hydrogens is 318 g/mol. The van der Waals surface area contributed by atoms with E-state index in [0.29, 0.717) is 17.6 Å². The number of carbonyl (C=O) groups is 1. The minimum atomic E-state index is -0.647. The van der Waals surface area contributed by atoms with Gasteiger partial charge in [0.25, 0.3) is 5.91 Å². The van der Waals surface area contributed by atoms with Gasteiger partial charge in [0, 0.05) is 5.39 Å². The summed E-state index contributed by atoms with van der Waals surface area (Å²) < 4.78 is 10.8. The molecule has 3 rings (SSSR count). The van der Waals surface area contributed by atoms with E-state index < -0.39 is 11.5 Å². The Labute approximate surface area is 145 Å². The molecule has 0 aliphatic carbocycles. The fourth-order valence-electron chi connectivity index (χ4n) is 2.67. The lowest BCUT2D eigenvalue weighted by Crippen LogP contribution is -2.31. The Balaban J connectivity index is 1.61.